The highest BCUT2D eigenvalue weighted by Crippen LogP contribution is 2.27. The molecule has 0 saturated heterocycles. The van der Waals surface area contributed by atoms with Crippen molar-refractivity contribution >= 4 is 33.6 Å². The van der Waals surface area contributed by atoms with E-state index in [0.29, 0.717) is 21.5 Å². The van der Waals surface area contributed by atoms with Crippen LogP contribution in [-0.2, 0) is 4.79 Å². The van der Waals surface area contributed by atoms with Crippen molar-refractivity contribution in [3.05, 3.63) is 58.1 Å². The highest BCUT2D eigenvalue weighted by atomic mass is 79.9. The standard InChI is InChI=1S/C19H13BrN2O3/c1-2-9-25-18-8-3-13(11-17(18)20)10-14(12-21)19(24)22-15-4-6-16(23)7-5-15/h1,3-8,10-11,23H,9H2,(H,22,24)/b14-10+. The number of hydrogen-bond donors (Lipinski definition) is 2. The van der Waals surface area contributed by atoms with Crippen molar-refractivity contribution in [2.75, 3.05) is 11.9 Å². The fourth-order valence-corrected chi connectivity index (χ4v) is 2.41. The summed E-state index contributed by atoms with van der Waals surface area (Å²) >= 11 is 3.36. The van der Waals surface area contributed by atoms with Crippen LogP contribution in [-0.4, -0.2) is 17.6 Å². The first-order valence-electron chi connectivity index (χ1n) is 7.11. The molecule has 0 radical (unpaired) electrons. The molecule has 5 nitrogen and oxygen atoms in total. The van der Waals surface area contributed by atoms with Crippen molar-refractivity contribution in [2.45, 2.75) is 0 Å². The molecule has 0 saturated carbocycles. The van der Waals surface area contributed by atoms with E-state index in [1.165, 1.54) is 30.3 Å². The van der Waals surface area contributed by atoms with Crippen LogP contribution in [0.4, 0.5) is 5.69 Å². The molecule has 1 amide bonds. The molecule has 124 valence electrons. The summed E-state index contributed by atoms with van der Waals surface area (Å²) in [6.07, 6.45) is 6.61. The van der Waals surface area contributed by atoms with Crippen LogP contribution in [0.1, 0.15) is 5.56 Å². The van der Waals surface area contributed by atoms with E-state index < -0.39 is 5.91 Å². The zero-order chi connectivity index (χ0) is 18.2. The van der Waals surface area contributed by atoms with Gasteiger partial charge in [0.2, 0.25) is 0 Å². The van der Waals surface area contributed by atoms with Gasteiger partial charge in [-0.1, -0.05) is 12.0 Å². The van der Waals surface area contributed by atoms with Crippen molar-refractivity contribution in [3.63, 3.8) is 0 Å². The third-order valence-corrected chi connectivity index (χ3v) is 3.69. The molecule has 0 bridgehead atoms. The van der Waals surface area contributed by atoms with Crippen LogP contribution in [0, 0.1) is 23.7 Å². The van der Waals surface area contributed by atoms with E-state index in [2.05, 4.69) is 27.2 Å². The Hall–Kier alpha value is -3.22. The van der Waals surface area contributed by atoms with Crippen LogP contribution in [0.2, 0.25) is 0 Å². The van der Waals surface area contributed by atoms with E-state index in [-0.39, 0.29) is 17.9 Å². The van der Waals surface area contributed by atoms with Crippen molar-refractivity contribution in [2.24, 2.45) is 0 Å². The average Bonchev–Trinajstić information content (AvgIpc) is 2.60. The minimum atomic E-state index is -0.544. The van der Waals surface area contributed by atoms with Crippen molar-refractivity contribution in [1.29, 1.82) is 5.26 Å². The lowest BCUT2D eigenvalue weighted by Gasteiger charge is -2.07. The van der Waals surface area contributed by atoms with Crippen LogP contribution in [0.25, 0.3) is 6.08 Å². The molecular formula is C19H13BrN2O3. The van der Waals surface area contributed by atoms with Gasteiger partial charge in [0.05, 0.1) is 4.47 Å². The summed E-state index contributed by atoms with van der Waals surface area (Å²) in [5, 5.41) is 21.1. The summed E-state index contributed by atoms with van der Waals surface area (Å²) in [6, 6.07) is 13.0. The largest absolute Gasteiger partial charge is 0.508 e. The number of nitriles is 1. The molecule has 0 aromatic heterocycles. The van der Waals surface area contributed by atoms with Gasteiger partial charge >= 0.3 is 0 Å². The molecule has 2 N–H and O–H groups in total. The number of amides is 1. The third kappa shape index (κ3) is 5.13. The smallest absolute Gasteiger partial charge is 0.266 e. The van der Waals surface area contributed by atoms with Crippen LogP contribution < -0.4 is 10.1 Å². The SMILES string of the molecule is C#CCOc1ccc(/C=C(\C#N)C(=O)Nc2ccc(O)cc2)cc1Br. The lowest BCUT2D eigenvalue weighted by molar-refractivity contribution is -0.112. The molecule has 0 spiro atoms. The molecule has 2 rings (SSSR count). The Morgan fingerprint density at radius 2 is 2.04 bits per heavy atom. The van der Waals surface area contributed by atoms with Gasteiger partial charge in [0.15, 0.2) is 0 Å². The average molecular weight is 397 g/mol. The molecule has 0 atom stereocenters. The number of terminal acetylenes is 1. The zero-order valence-electron chi connectivity index (χ0n) is 13.0. The molecule has 0 unspecified atom stereocenters. The molecule has 2 aromatic rings. The minimum Gasteiger partial charge on any atom is -0.508 e. The van der Waals surface area contributed by atoms with E-state index in [1.54, 1.807) is 18.2 Å². The van der Waals surface area contributed by atoms with Gasteiger partial charge in [-0.3, -0.25) is 4.79 Å². The quantitative estimate of drug-likeness (QED) is 0.349. The maximum absolute atomic E-state index is 12.2. The Labute approximate surface area is 153 Å². The van der Waals surface area contributed by atoms with Crippen LogP contribution in [0.3, 0.4) is 0 Å². The number of anilines is 1. The highest BCUT2D eigenvalue weighted by molar-refractivity contribution is 9.10. The van der Waals surface area contributed by atoms with Crippen LogP contribution in [0.15, 0.2) is 52.5 Å². The number of halogens is 1. The second-order valence-electron chi connectivity index (χ2n) is 4.85. The Morgan fingerprint density at radius 1 is 1.32 bits per heavy atom. The number of phenolic OH excluding ortho intramolecular Hbond substituents is 1. The number of rotatable bonds is 5. The summed E-state index contributed by atoms with van der Waals surface area (Å²) in [4.78, 5) is 12.2. The van der Waals surface area contributed by atoms with Gasteiger partial charge in [-0.15, -0.1) is 6.42 Å². The van der Waals surface area contributed by atoms with E-state index in [9.17, 15) is 15.2 Å². The first kappa shape index (κ1) is 18.1. The summed E-state index contributed by atoms with van der Waals surface area (Å²) in [5.41, 5.74) is 1.07. The van der Waals surface area contributed by atoms with Crippen LogP contribution in [0.5, 0.6) is 11.5 Å². The lowest BCUT2D eigenvalue weighted by Crippen LogP contribution is -2.13. The van der Waals surface area contributed by atoms with Gasteiger partial charge < -0.3 is 15.2 Å². The molecule has 6 heteroatoms. The fourth-order valence-electron chi connectivity index (χ4n) is 1.90. The zero-order valence-corrected chi connectivity index (χ0v) is 14.6. The number of carbonyl (C=O) groups is 1. The Bertz CT molecular complexity index is 890. The summed E-state index contributed by atoms with van der Waals surface area (Å²) in [5.74, 6) is 2.49. The fraction of sp³-hybridized carbons (Fsp3) is 0.0526. The van der Waals surface area contributed by atoms with Crippen molar-refractivity contribution < 1.29 is 14.6 Å². The van der Waals surface area contributed by atoms with Gasteiger partial charge in [0, 0.05) is 5.69 Å². The molecule has 0 aliphatic rings. The number of ether oxygens (including phenoxy) is 1. The van der Waals surface area contributed by atoms with Crippen molar-refractivity contribution in [1.82, 2.24) is 0 Å². The van der Waals surface area contributed by atoms with Gasteiger partial charge in [0.1, 0.15) is 29.7 Å². The number of benzene rings is 2. The summed E-state index contributed by atoms with van der Waals surface area (Å²) in [6.45, 7) is 0.145. The summed E-state index contributed by atoms with van der Waals surface area (Å²) in [7, 11) is 0. The maximum Gasteiger partial charge on any atom is 0.266 e. The Kier molecular flexibility index (Phi) is 6.22. The van der Waals surface area contributed by atoms with Gasteiger partial charge in [-0.2, -0.15) is 5.26 Å². The lowest BCUT2D eigenvalue weighted by atomic mass is 10.1. The van der Waals surface area contributed by atoms with E-state index in [0.717, 1.165) is 0 Å². The number of nitrogens with zero attached hydrogens (tertiary/aromatic N) is 1. The predicted octanol–water partition coefficient (Wildman–Crippen LogP) is 3.71. The van der Waals surface area contributed by atoms with Gasteiger partial charge in [0.25, 0.3) is 5.91 Å². The van der Waals surface area contributed by atoms with Crippen molar-refractivity contribution in [3.8, 4) is 29.9 Å². The molecule has 0 aliphatic carbocycles. The predicted molar refractivity (Wildman–Crippen MR) is 98.8 cm³/mol. The molecule has 0 aliphatic heterocycles. The maximum atomic E-state index is 12.2. The topological polar surface area (TPSA) is 82.3 Å². The molecule has 25 heavy (non-hydrogen) atoms. The molecule has 2 aromatic carbocycles. The Balaban J connectivity index is 2.17. The van der Waals surface area contributed by atoms with Gasteiger partial charge in [-0.25, -0.2) is 0 Å². The van der Waals surface area contributed by atoms with Crippen LogP contribution >= 0.6 is 15.9 Å². The first-order chi connectivity index (χ1) is 12.0. The highest BCUT2D eigenvalue weighted by Gasteiger charge is 2.10. The first-order valence-corrected chi connectivity index (χ1v) is 7.91. The molecule has 0 heterocycles. The third-order valence-electron chi connectivity index (χ3n) is 3.07. The normalized spacial score (nSPS) is 10.4. The minimum absolute atomic E-state index is 0.0581. The van der Waals surface area contributed by atoms with E-state index >= 15 is 0 Å². The van der Waals surface area contributed by atoms with E-state index in [1.807, 2.05) is 6.07 Å². The van der Waals surface area contributed by atoms with E-state index in [4.69, 9.17) is 11.2 Å². The molecule has 0 fully saturated rings. The number of hydrogen-bond acceptors (Lipinski definition) is 4. The van der Waals surface area contributed by atoms with Gasteiger partial charge in [-0.05, 0) is 64.0 Å². The number of phenols is 1. The number of aromatic hydroxyl groups is 1. The molecular weight excluding hydrogens is 384 g/mol. The monoisotopic (exact) mass is 396 g/mol. The number of carbonyl (C=O) groups excluding carboxylic acids is 1. The number of nitrogens with one attached hydrogen (secondary N) is 1. The summed E-state index contributed by atoms with van der Waals surface area (Å²) < 4.78 is 6.00. The second kappa shape index (κ2) is 8.58. The Morgan fingerprint density at radius 3 is 2.64 bits per heavy atom. The second-order valence-corrected chi connectivity index (χ2v) is 5.71.